The van der Waals surface area contributed by atoms with Crippen LogP contribution in [0, 0.1) is 5.92 Å². The molecule has 1 amide bonds. The van der Waals surface area contributed by atoms with Crippen LogP contribution in [0.15, 0.2) is 24.3 Å². The monoisotopic (exact) mass is 252 g/mol. The molecule has 0 unspecified atom stereocenters. The second kappa shape index (κ2) is 6.03. The van der Waals surface area contributed by atoms with Gasteiger partial charge in [0.1, 0.15) is 0 Å². The van der Waals surface area contributed by atoms with Crippen molar-refractivity contribution in [1.29, 1.82) is 0 Å². The maximum Gasteiger partial charge on any atom is 0.238 e. The molecule has 2 rings (SSSR count). The third kappa shape index (κ3) is 4.36. The number of benzene rings is 1. The number of carbonyl (C=O) groups excluding carboxylic acids is 1. The lowest BCUT2D eigenvalue weighted by atomic mass is 10.3. The summed E-state index contributed by atoms with van der Waals surface area (Å²) in [5.74, 6) is 0.850. The fourth-order valence-corrected chi connectivity index (χ4v) is 1.85. The molecule has 0 aliphatic heterocycles. The lowest BCUT2D eigenvalue weighted by Gasteiger charge is -2.07. The summed E-state index contributed by atoms with van der Waals surface area (Å²) in [4.78, 5) is 11.6. The molecule has 17 heavy (non-hydrogen) atoms. The standard InChI is InChI=1S/C13H17ClN2O/c14-11-3-1-2-4-12(11)16-13(17)9-15-8-7-10-5-6-10/h1-4,10,15H,5-9H2,(H,16,17). The zero-order chi connectivity index (χ0) is 12.1. The number of para-hydroxylation sites is 1. The van der Waals surface area contributed by atoms with Gasteiger partial charge >= 0.3 is 0 Å². The van der Waals surface area contributed by atoms with Gasteiger partial charge in [0.2, 0.25) is 5.91 Å². The molecule has 2 N–H and O–H groups in total. The highest BCUT2D eigenvalue weighted by Crippen LogP contribution is 2.31. The minimum Gasteiger partial charge on any atom is -0.324 e. The highest BCUT2D eigenvalue weighted by Gasteiger charge is 2.20. The molecular formula is C13H17ClN2O. The van der Waals surface area contributed by atoms with Crippen molar-refractivity contribution in [3.8, 4) is 0 Å². The topological polar surface area (TPSA) is 41.1 Å². The van der Waals surface area contributed by atoms with E-state index in [9.17, 15) is 4.79 Å². The van der Waals surface area contributed by atoms with Gasteiger partial charge in [0.05, 0.1) is 17.3 Å². The van der Waals surface area contributed by atoms with Crippen molar-refractivity contribution in [1.82, 2.24) is 5.32 Å². The molecule has 0 bridgehead atoms. The first-order valence-electron chi connectivity index (χ1n) is 6.01. The molecule has 0 atom stereocenters. The number of anilines is 1. The summed E-state index contributed by atoms with van der Waals surface area (Å²) >= 11 is 5.94. The largest absolute Gasteiger partial charge is 0.324 e. The highest BCUT2D eigenvalue weighted by atomic mass is 35.5. The Morgan fingerprint density at radius 1 is 1.35 bits per heavy atom. The van der Waals surface area contributed by atoms with Crippen LogP contribution in [0.1, 0.15) is 19.3 Å². The van der Waals surface area contributed by atoms with Crippen molar-refractivity contribution in [3.05, 3.63) is 29.3 Å². The van der Waals surface area contributed by atoms with Gasteiger partial charge in [0, 0.05) is 0 Å². The molecule has 3 nitrogen and oxygen atoms in total. The highest BCUT2D eigenvalue weighted by molar-refractivity contribution is 6.33. The van der Waals surface area contributed by atoms with E-state index in [2.05, 4.69) is 10.6 Å². The van der Waals surface area contributed by atoms with E-state index in [-0.39, 0.29) is 5.91 Å². The van der Waals surface area contributed by atoms with E-state index in [1.807, 2.05) is 12.1 Å². The molecule has 4 heteroatoms. The molecule has 0 radical (unpaired) electrons. The van der Waals surface area contributed by atoms with Gasteiger partial charge in [-0.2, -0.15) is 0 Å². The summed E-state index contributed by atoms with van der Waals surface area (Å²) in [5, 5.41) is 6.49. The Morgan fingerprint density at radius 3 is 2.82 bits per heavy atom. The fourth-order valence-electron chi connectivity index (χ4n) is 1.67. The Hall–Kier alpha value is -1.06. The third-order valence-electron chi connectivity index (χ3n) is 2.86. The number of nitrogens with one attached hydrogen (secondary N) is 2. The first-order valence-corrected chi connectivity index (χ1v) is 6.38. The van der Waals surface area contributed by atoms with Crippen LogP contribution in [0.25, 0.3) is 0 Å². The number of hydrogen-bond donors (Lipinski definition) is 2. The van der Waals surface area contributed by atoms with Gasteiger partial charge in [-0.15, -0.1) is 0 Å². The van der Waals surface area contributed by atoms with Crippen LogP contribution in [0.2, 0.25) is 5.02 Å². The van der Waals surface area contributed by atoms with E-state index in [0.717, 1.165) is 12.5 Å². The zero-order valence-electron chi connectivity index (χ0n) is 9.71. The van der Waals surface area contributed by atoms with E-state index >= 15 is 0 Å². The second-order valence-electron chi connectivity index (χ2n) is 4.44. The minimum absolute atomic E-state index is 0.0473. The van der Waals surface area contributed by atoms with Crippen LogP contribution in [0.3, 0.4) is 0 Å². The van der Waals surface area contributed by atoms with Gasteiger partial charge in [-0.05, 0) is 31.0 Å². The van der Waals surface area contributed by atoms with Crippen molar-refractivity contribution >= 4 is 23.2 Å². The number of halogens is 1. The Bertz CT molecular complexity index is 391. The first-order chi connectivity index (χ1) is 8.25. The van der Waals surface area contributed by atoms with Gasteiger partial charge in [-0.25, -0.2) is 0 Å². The van der Waals surface area contributed by atoms with E-state index in [1.165, 1.54) is 19.3 Å². The van der Waals surface area contributed by atoms with Gasteiger partial charge in [-0.1, -0.05) is 36.6 Å². The molecule has 0 heterocycles. The van der Waals surface area contributed by atoms with Crippen molar-refractivity contribution in [3.63, 3.8) is 0 Å². The zero-order valence-corrected chi connectivity index (χ0v) is 10.5. The molecule has 1 aliphatic rings. The van der Waals surface area contributed by atoms with Crippen molar-refractivity contribution in [2.45, 2.75) is 19.3 Å². The van der Waals surface area contributed by atoms with Crippen LogP contribution in [-0.2, 0) is 4.79 Å². The predicted molar refractivity (Wildman–Crippen MR) is 70.3 cm³/mol. The molecule has 0 spiro atoms. The normalized spacial score (nSPS) is 14.6. The summed E-state index contributed by atoms with van der Waals surface area (Å²) in [5.41, 5.74) is 0.670. The Balaban J connectivity index is 1.67. The Morgan fingerprint density at radius 2 is 2.12 bits per heavy atom. The molecular weight excluding hydrogens is 236 g/mol. The summed E-state index contributed by atoms with van der Waals surface area (Å²) < 4.78 is 0. The maximum atomic E-state index is 11.6. The van der Waals surface area contributed by atoms with E-state index in [0.29, 0.717) is 17.3 Å². The molecule has 1 fully saturated rings. The smallest absolute Gasteiger partial charge is 0.238 e. The number of rotatable bonds is 6. The average Bonchev–Trinajstić information content (AvgIpc) is 3.12. The second-order valence-corrected chi connectivity index (χ2v) is 4.84. The number of amides is 1. The number of carbonyl (C=O) groups is 1. The number of hydrogen-bond acceptors (Lipinski definition) is 2. The first kappa shape index (κ1) is 12.4. The molecule has 0 aromatic heterocycles. The summed E-state index contributed by atoms with van der Waals surface area (Å²) in [7, 11) is 0. The van der Waals surface area contributed by atoms with Crippen LogP contribution < -0.4 is 10.6 Å². The predicted octanol–water partition coefficient (Wildman–Crippen LogP) is 2.67. The van der Waals surface area contributed by atoms with Gasteiger partial charge in [0.25, 0.3) is 0 Å². The lowest BCUT2D eigenvalue weighted by Crippen LogP contribution is -2.29. The summed E-state index contributed by atoms with van der Waals surface area (Å²) in [6.07, 6.45) is 3.89. The van der Waals surface area contributed by atoms with E-state index in [1.54, 1.807) is 12.1 Å². The molecule has 92 valence electrons. The Kier molecular flexibility index (Phi) is 4.40. The quantitative estimate of drug-likeness (QED) is 0.765. The molecule has 1 saturated carbocycles. The summed E-state index contributed by atoms with van der Waals surface area (Å²) in [6, 6.07) is 7.25. The van der Waals surface area contributed by atoms with E-state index in [4.69, 9.17) is 11.6 Å². The van der Waals surface area contributed by atoms with Crippen molar-refractivity contribution in [2.24, 2.45) is 5.92 Å². The van der Waals surface area contributed by atoms with Crippen LogP contribution in [0.5, 0.6) is 0 Å². The molecule has 0 saturated heterocycles. The average molecular weight is 253 g/mol. The SMILES string of the molecule is O=C(CNCCC1CC1)Nc1ccccc1Cl. The summed E-state index contributed by atoms with van der Waals surface area (Å²) in [6.45, 7) is 1.26. The fraction of sp³-hybridized carbons (Fsp3) is 0.462. The molecule has 1 aromatic carbocycles. The molecule has 1 aliphatic carbocycles. The van der Waals surface area contributed by atoms with Crippen LogP contribution in [-0.4, -0.2) is 19.0 Å². The van der Waals surface area contributed by atoms with Crippen LogP contribution in [0.4, 0.5) is 5.69 Å². The van der Waals surface area contributed by atoms with E-state index < -0.39 is 0 Å². The third-order valence-corrected chi connectivity index (χ3v) is 3.19. The molecule has 1 aromatic rings. The van der Waals surface area contributed by atoms with Crippen molar-refractivity contribution in [2.75, 3.05) is 18.4 Å². The maximum absolute atomic E-state index is 11.6. The Labute approximate surface area is 107 Å². The van der Waals surface area contributed by atoms with Crippen molar-refractivity contribution < 1.29 is 4.79 Å². The van der Waals surface area contributed by atoms with Gasteiger partial charge < -0.3 is 10.6 Å². The van der Waals surface area contributed by atoms with Gasteiger partial charge in [-0.3, -0.25) is 4.79 Å². The lowest BCUT2D eigenvalue weighted by molar-refractivity contribution is -0.115. The van der Waals surface area contributed by atoms with Crippen LogP contribution >= 0.6 is 11.6 Å². The minimum atomic E-state index is -0.0473. The van der Waals surface area contributed by atoms with Gasteiger partial charge in [0.15, 0.2) is 0 Å².